The van der Waals surface area contributed by atoms with E-state index in [4.69, 9.17) is 5.73 Å². The Morgan fingerprint density at radius 1 is 1.09 bits per heavy atom. The maximum atomic E-state index is 10.8. The van der Waals surface area contributed by atoms with Crippen LogP contribution >= 0.6 is 0 Å². The van der Waals surface area contributed by atoms with E-state index in [0.717, 1.165) is 35.5 Å². The summed E-state index contributed by atoms with van der Waals surface area (Å²) >= 11 is 0. The number of nitrogens with zero attached hydrogens (tertiary/aromatic N) is 3. The normalized spacial score (nSPS) is 10.5. The maximum absolute atomic E-state index is 10.8. The van der Waals surface area contributed by atoms with Crippen molar-refractivity contribution in [2.75, 3.05) is 5.32 Å². The molecule has 0 aliphatic rings. The molecule has 0 spiro atoms. The van der Waals surface area contributed by atoms with E-state index in [1.165, 1.54) is 0 Å². The Kier molecular flexibility index (Phi) is 5.41. The van der Waals surface area contributed by atoms with Crippen molar-refractivity contribution in [1.29, 1.82) is 0 Å². The summed E-state index contributed by atoms with van der Waals surface area (Å²) in [4.78, 5) is 15.3. The first-order chi connectivity index (χ1) is 10.6. The van der Waals surface area contributed by atoms with Crippen LogP contribution in [-0.2, 0) is 24.1 Å². The molecule has 6 nitrogen and oxygen atoms in total. The van der Waals surface area contributed by atoms with Gasteiger partial charge >= 0.3 is 0 Å². The number of carbonyl (C=O) groups is 1. The number of hydrogen-bond donors (Lipinski definition) is 2. The first-order valence-corrected chi connectivity index (χ1v) is 7.49. The van der Waals surface area contributed by atoms with Crippen LogP contribution in [-0.4, -0.2) is 21.1 Å². The van der Waals surface area contributed by atoms with Crippen LogP contribution in [0.4, 0.5) is 11.6 Å². The number of carbonyl (C=O) groups excluding carboxylic acids is 1. The lowest BCUT2D eigenvalue weighted by atomic mass is 10.1. The Morgan fingerprint density at radius 3 is 2.36 bits per heavy atom. The zero-order valence-corrected chi connectivity index (χ0v) is 13.0. The first kappa shape index (κ1) is 15.9. The lowest BCUT2D eigenvalue weighted by Gasteiger charge is -2.08. The van der Waals surface area contributed by atoms with Gasteiger partial charge in [0.25, 0.3) is 0 Å². The molecular formula is C16H21N5O. The molecular weight excluding hydrogens is 278 g/mol. The van der Waals surface area contributed by atoms with Crippen molar-refractivity contribution in [2.24, 2.45) is 5.73 Å². The molecule has 0 aliphatic carbocycles. The first-order valence-electron chi connectivity index (χ1n) is 7.49. The summed E-state index contributed by atoms with van der Waals surface area (Å²) in [6.07, 6.45) is 2.68. The minimum absolute atomic E-state index is 0.287. The van der Waals surface area contributed by atoms with Crippen LogP contribution < -0.4 is 11.1 Å². The predicted molar refractivity (Wildman–Crippen MR) is 85.8 cm³/mol. The molecule has 3 N–H and O–H groups in total. The molecule has 0 aliphatic heterocycles. The largest absolute Gasteiger partial charge is 0.370 e. The number of amides is 1. The van der Waals surface area contributed by atoms with Crippen molar-refractivity contribution in [2.45, 2.75) is 39.5 Å². The molecule has 2 aromatic rings. The van der Waals surface area contributed by atoms with Gasteiger partial charge in [-0.1, -0.05) is 26.0 Å². The number of anilines is 2. The minimum atomic E-state index is -0.287. The van der Waals surface area contributed by atoms with Gasteiger partial charge < -0.3 is 11.1 Å². The summed E-state index contributed by atoms with van der Waals surface area (Å²) in [6.45, 7) is 4.10. The number of nitrogens with two attached hydrogens (primary N) is 1. The third-order valence-electron chi connectivity index (χ3n) is 3.38. The van der Waals surface area contributed by atoms with Crippen LogP contribution in [0.1, 0.15) is 37.2 Å². The Labute approximate surface area is 130 Å². The highest BCUT2D eigenvalue weighted by Gasteiger charge is 2.06. The lowest BCUT2D eigenvalue weighted by Crippen LogP contribution is -2.11. The van der Waals surface area contributed by atoms with Crippen molar-refractivity contribution >= 4 is 17.5 Å². The molecule has 0 radical (unpaired) electrons. The maximum Gasteiger partial charge on any atom is 0.247 e. The zero-order chi connectivity index (χ0) is 15.9. The van der Waals surface area contributed by atoms with Crippen LogP contribution in [0.3, 0.4) is 0 Å². The summed E-state index contributed by atoms with van der Waals surface area (Å²) < 4.78 is 0. The number of aryl methyl sites for hydroxylation is 3. The molecule has 0 unspecified atom stereocenters. The van der Waals surface area contributed by atoms with Crippen molar-refractivity contribution < 1.29 is 4.79 Å². The second kappa shape index (κ2) is 7.49. The molecule has 1 aromatic heterocycles. The fourth-order valence-electron chi connectivity index (χ4n) is 2.14. The highest BCUT2D eigenvalue weighted by molar-refractivity contribution is 5.74. The Bertz CT molecular complexity index is 639. The molecule has 0 saturated heterocycles. The third-order valence-corrected chi connectivity index (χ3v) is 3.38. The summed E-state index contributed by atoms with van der Waals surface area (Å²) in [5, 5.41) is 11.5. The quantitative estimate of drug-likeness (QED) is 0.817. The third kappa shape index (κ3) is 4.25. The molecule has 0 atom stereocenters. The van der Waals surface area contributed by atoms with Crippen LogP contribution in [0.5, 0.6) is 0 Å². The molecule has 2 rings (SSSR count). The van der Waals surface area contributed by atoms with Gasteiger partial charge in [0.05, 0.1) is 11.4 Å². The number of nitrogens with one attached hydrogen (secondary N) is 1. The molecule has 1 amide bonds. The number of benzene rings is 1. The molecule has 0 bridgehead atoms. The second-order valence-electron chi connectivity index (χ2n) is 5.02. The van der Waals surface area contributed by atoms with E-state index in [1.54, 1.807) is 0 Å². The molecule has 1 heterocycles. The topological polar surface area (TPSA) is 93.8 Å². The van der Waals surface area contributed by atoms with Gasteiger partial charge in [-0.2, -0.15) is 0 Å². The van der Waals surface area contributed by atoms with Crippen molar-refractivity contribution in [3.05, 3.63) is 41.2 Å². The molecule has 0 saturated carbocycles. The molecule has 0 fully saturated rings. The lowest BCUT2D eigenvalue weighted by molar-refractivity contribution is -0.117. The van der Waals surface area contributed by atoms with E-state index in [9.17, 15) is 4.79 Å². The summed E-state index contributed by atoms with van der Waals surface area (Å²) in [6, 6.07) is 7.78. The SMILES string of the molecule is CCc1nnc(Nc2ccc(CCC(N)=O)cc2)nc1CC. The van der Waals surface area contributed by atoms with Gasteiger partial charge in [-0.25, -0.2) is 4.98 Å². The van der Waals surface area contributed by atoms with E-state index in [-0.39, 0.29) is 5.91 Å². The Balaban J connectivity index is 2.05. The predicted octanol–water partition coefficient (Wildman–Crippen LogP) is 2.16. The van der Waals surface area contributed by atoms with Crippen LogP contribution in [0.2, 0.25) is 0 Å². The van der Waals surface area contributed by atoms with Crippen LogP contribution in [0, 0.1) is 0 Å². The highest BCUT2D eigenvalue weighted by atomic mass is 16.1. The Morgan fingerprint density at radius 2 is 1.77 bits per heavy atom. The van der Waals surface area contributed by atoms with Crippen molar-refractivity contribution in [1.82, 2.24) is 15.2 Å². The Hall–Kier alpha value is -2.50. The van der Waals surface area contributed by atoms with E-state index in [0.29, 0.717) is 18.8 Å². The highest BCUT2D eigenvalue weighted by Crippen LogP contribution is 2.15. The van der Waals surface area contributed by atoms with Crippen molar-refractivity contribution in [3.63, 3.8) is 0 Å². The van der Waals surface area contributed by atoms with Gasteiger partial charge in [-0.15, -0.1) is 10.2 Å². The second-order valence-corrected chi connectivity index (χ2v) is 5.02. The van der Waals surface area contributed by atoms with Gasteiger partial charge in [-0.05, 0) is 37.0 Å². The van der Waals surface area contributed by atoms with E-state index in [1.807, 2.05) is 31.2 Å². The fourth-order valence-corrected chi connectivity index (χ4v) is 2.14. The fraction of sp³-hybridized carbons (Fsp3) is 0.375. The smallest absolute Gasteiger partial charge is 0.247 e. The van der Waals surface area contributed by atoms with Gasteiger partial charge in [-0.3, -0.25) is 4.79 Å². The molecule has 22 heavy (non-hydrogen) atoms. The van der Waals surface area contributed by atoms with Gasteiger partial charge in [0.2, 0.25) is 11.9 Å². The zero-order valence-electron chi connectivity index (χ0n) is 13.0. The number of rotatable bonds is 7. The molecule has 1 aromatic carbocycles. The average Bonchev–Trinajstić information content (AvgIpc) is 2.54. The van der Waals surface area contributed by atoms with Gasteiger partial charge in [0.15, 0.2) is 0 Å². The number of primary amides is 1. The number of hydrogen-bond acceptors (Lipinski definition) is 5. The minimum Gasteiger partial charge on any atom is -0.370 e. The van der Waals surface area contributed by atoms with E-state index < -0.39 is 0 Å². The van der Waals surface area contributed by atoms with Crippen LogP contribution in [0.25, 0.3) is 0 Å². The van der Waals surface area contributed by atoms with Gasteiger partial charge in [0.1, 0.15) is 0 Å². The van der Waals surface area contributed by atoms with Crippen molar-refractivity contribution in [3.8, 4) is 0 Å². The standard InChI is InChI=1S/C16H21N5O/c1-3-13-14(4-2)20-21-16(19-13)18-12-8-5-11(6-9-12)7-10-15(17)22/h5-6,8-9H,3-4,7,10H2,1-2H3,(H2,17,22)(H,18,19,21). The van der Waals surface area contributed by atoms with Gasteiger partial charge in [0, 0.05) is 12.1 Å². The summed E-state index contributed by atoms with van der Waals surface area (Å²) in [5.74, 6) is 0.212. The average molecular weight is 299 g/mol. The molecule has 116 valence electrons. The summed E-state index contributed by atoms with van der Waals surface area (Å²) in [5.41, 5.74) is 9.01. The monoisotopic (exact) mass is 299 g/mol. The van der Waals surface area contributed by atoms with E-state index in [2.05, 4.69) is 27.4 Å². The molecule has 6 heteroatoms. The number of aromatic nitrogens is 3. The summed E-state index contributed by atoms with van der Waals surface area (Å²) in [7, 11) is 0. The van der Waals surface area contributed by atoms with Crippen LogP contribution in [0.15, 0.2) is 24.3 Å². The van der Waals surface area contributed by atoms with E-state index >= 15 is 0 Å².